The van der Waals surface area contributed by atoms with Crippen LogP contribution < -0.4 is 9.64 Å². The highest BCUT2D eigenvalue weighted by Gasteiger charge is 2.31. The number of piperidine rings is 2. The first kappa shape index (κ1) is 24.8. The van der Waals surface area contributed by atoms with Gasteiger partial charge >= 0.3 is 6.18 Å². The predicted octanol–water partition coefficient (Wildman–Crippen LogP) is 4.53. The molecule has 4 rings (SSSR count). The Morgan fingerprint density at radius 1 is 0.971 bits per heavy atom. The van der Waals surface area contributed by atoms with Gasteiger partial charge in [-0.1, -0.05) is 12.1 Å². The second kappa shape index (κ2) is 10.1. The lowest BCUT2D eigenvalue weighted by molar-refractivity contribution is -0.137. The number of ether oxygens (including phenoxy) is 1. The molecule has 1 aromatic heterocycles. The van der Waals surface area contributed by atoms with Gasteiger partial charge in [0.25, 0.3) is 0 Å². The molecule has 0 radical (unpaired) electrons. The molecule has 1 aromatic carbocycles. The molecule has 0 N–H and O–H groups in total. The third kappa shape index (κ3) is 6.21. The molecule has 0 aliphatic carbocycles. The quantitative estimate of drug-likeness (QED) is 0.587. The van der Waals surface area contributed by atoms with Gasteiger partial charge in [0.15, 0.2) is 0 Å². The molecule has 2 saturated heterocycles. The van der Waals surface area contributed by atoms with Crippen LogP contribution in [0, 0.1) is 5.92 Å². The highest BCUT2D eigenvalue weighted by atomic mass is 32.2. The van der Waals surface area contributed by atoms with Crippen molar-refractivity contribution >= 4 is 15.8 Å². The number of hydrogen-bond acceptors (Lipinski definition) is 5. The summed E-state index contributed by atoms with van der Waals surface area (Å²) in [5.41, 5.74) is 0.475. The van der Waals surface area contributed by atoms with Crippen LogP contribution in [0.1, 0.15) is 42.7 Å². The number of benzene rings is 1. The minimum absolute atomic E-state index is 0.357. The number of pyridine rings is 1. The average Bonchev–Trinajstić information content (AvgIpc) is 2.82. The molecule has 2 fully saturated rings. The molecule has 3 heterocycles. The molecule has 0 saturated carbocycles. The van der Waals surface area contributed by atoms with E-state index in [1.807, 2.05) is 17.0 Å². The molecule has 34 heavy (non-hydrogen) atoms. The van der Waals surface area contributed by atoms with E-state index in [1.165, 1.54) is 17.9 Å². The smallest absolute Gasteiger partial charge is 0.417 e. The average molecular weight is 498 g/mol. The number of hydrogen-bond donors (Lipinski definition) is 0. The summed E-state index contributed by atoms with van der Waals surface area (Å²) in [7, 11) is -3.12. The van der Waals surface area contributed by atoms with Crippen molar-refractivity contribution in [3.8, 4) is 5.75 Å². The zero-order valence-electron chi connectivity index (χ0n) is 19.2. The van der Waals surface area contributed by atoms with Crippen molar-refractivity contribution in [3.63, 3.8) is 0 Å². The molecule has 0 atom stereocenters. The lowest BCUT2D eigenvalue weighted by Gasteiger charge is -2.32. The van der Waals surface area contributed by atoms with Crippen LogP contribution in [-0.4, -0.2) is 56.7 Å². The van der Waals surface area contributed by atoms with E-state index in [1.54, 1.807) is 4.31 Å². The van der Waals surface area contributed by atoms with Crippen LogP contribution >= 0.6 is 0 Å². The highest BCUT2D eigenvalue weighted by molar-refractivity contribution is 7.88. The van der Waals surface area contributed by atoms with Gasteiger partial charge in [0.1, 0.15) is 11.6 Å². The highest BCUT2D eigenvalue weighted by Crippen LogP contribution is 2.32. The third-order valence-electron chi connectivity index (χ3n) is 6.77. The molecule has 0 bridgehead atoms. The van der Waals surface area contributed by atoms with Crippen molar-refractivity contribution < 1.29 is 26.3 Å². The SMILES string of the molecule is CS(=O)(=O)N1CCC(c2ccc(OCC3CCN(c4ccc(C(F)(F)F)cn4)CC3)cc2)CC1. The zero-order valence-corrected chi connectivity index (χ0v) is 20.0. The third-order valence-corrected chi connectivity index (χ3v) is 8.08. The van der Waals surface area contributed by atoms with Gasteiger partial charge in [-0.3, -0.25) is 0 Å². The largest absolute Gasteiger partial charge is 0.493 e. The van der Waals surface area contributed by atoms with Crippen molar-refractivity contribution in [2.24, 2.45) is 5.92 Å². The summed E-state index contributed by atoms with van der Waals surface area (Å²) in [5, 5.41) is 0. The monoisotopic (exact) mass is 497 g/mol. The topological polar surface area (TPSA) is 62.7 Å². The molecule has 186 valence electrons. The summed E-state index contributed by atoms with van der Waals surface area (Å²) in [5.74, 6) is 2.12. The Bertz CT molecular complexity index is 1040. The van der Waals surface area contributed by atoms with E-state index in [4.69, 9.17) is 4.74 Å². The Morgan fingerprint density at radius 2 is 1.62 bits per heavy atom. The van der Waals surface area contributed by atoms with Gasteiger partial charge in [-0.25, -0.2) is 17.7 Å². The maximum absolute atomic E-state index is 12.7. The first-order valence-electron chi connectivity index (χ1n) is 11.6. The predicted molar refractivity (Wildman–Crippen MR) is 125 cm³/mol. The van der Waals surface area contributed by atoms with Crippen molar-refractivity contribution in [2.75, 3.05) is 43.9 Å². The number of alkyl halides is 3. The zero-order chi connectivity index (χ0) is 24.3. The van der Waals surface area contributed by atoms with Crippen molar-refractivity contribution in [1.82, 2.24) is 9.29 Å². The van der Waals surface area contributed by atoms with Crippen molar-refractivity contribution in [1.29, 1.82) is 0 Å². The van der Waals surface area contributed by atoms with Gasteiger partial charge in [-0.15, -0.1) is 0 Å². The Hall–Kier alpha value is -2.33. The molecular weight excluding hydrogens is 467 g/mol. The summed E-state index contributed by atoms with van der Waals surface area (Å²) in [6.45, 7) is 3.18. The van der Waals surface area contributed by atoms with Gasteiger partial charge in [0.05, 0.1) is 18.4 Å². The Kier molecular flexibility index (Phi) is 7.37. The summed E-state index contributed by atoms with van der Waals surface area (Å²) >= 11 is 0. The fourth-order valence-corrected chi connectivity index (χ4v) is 5.51. The number of halogens is 3. The Morgan fingerprint density at radius 3 is 2.15 bits per heavy atom. The van der Waals surface area contributed by atoms with Gasteiger partial charge in [-0.2, -0.15) is 13.2 Å². The molecule has 0 spiro atoms. The molecule has 2 aliphatic rings. The van der Waals surface area contributed by atoms with Crippen LogP contribution in [0.25, 0.3) is 0 Å². The number of rotatable bonds is 6. The molecule has 2 aliphatic heterocycles. The van der Waals surface area contributed by atoms with Crippen molar-refractivity contribution in [2.45, 2.75) is 37.8 Å². The normalized spacial score (nSPS) is 19.4. The fourth-order valence-electron chi connectivity index (χ4n) is 4.64. The van der Waals surface area contributed by atoms with Crippen molar-refractivity contribution in [3.05, 3.63) is 53.7 Å². The van der Waals surface area contributed by atoms with Crippen LogP contribution in [0.3, 0.4) is 0 Å². The molecule has 2 aromatic rings. The summed E-state index contributed by atoms with van der Waals surface area (Å²) in [6, 6.07) is 10.6. The summed E-state index contributed by atoms with van der Waals surface area (Å²) < 4.78 is 69.0. The molecule has 6 nitrogen and oxygen atoms in total. The van der Waals surface area contributed by atoms with E-state index >= 15 is 0 Å². The maximum Gasteiger partial charge on any atom is 0.417 e. The number of aromatic nitrogens is 1. The van der Waals surface area contributed by atoms with E-state index in [9.17, 15) is 21.6 Å². The molecular formula is C24H30F3N3O3S. The molecule has 0 unspecified atom stereocenters. The van der Waals surface area contributed by atoms with Crippen LogP contribution in [-0.2, 0) is 16.2 Å². The molecule has 0 amide bonds. The van der Waals surface area contributed by atoms with Crippen LogP contribution in [0.5, 0.6) is 5.75 Å². The second-order valence-electron chi connectivity index (χ2n) is 9.15. The van der Waals surface area contributed by atoms with E-state index in [0.717, 1.165) is 56.8 Å². The number of nitrogens with zero attached hydrogens (tertiary/aromatic N) is 3. The van der Waals surface area contributed by atoms with Gasteiger partial charge < -0.3 is 9.64 Å². The van der Waals surface area contributed by atoms with Gasteiger partial charge in [-0.05, 0) is 67.3 Å². The van der Waals surface area contributed by atoms with E-state index in [-0.39, 0.29) is 0 Å². The van der Waals surface area contributed by atoms with E-state index in [2.05, 4.69) is 17.1 Å². The molecule has 10 heteroatoms. The second-order valence-corrected chi connectivity index (χ2v) is 11.1. The number of sulfonamides is 1. The summed E-state index contributed by atoms with van der Waals surface area (Å²) in [6.07, 6.45) is 1.20. The minimum Gasteiger partial charge on any atom is -0.493 e. The van der Waals surface area contributed by atoms with E-state index < -0.39 is 21.8 Å². The van der Waals surface area contributed by atoms with Crippen LogP contribution in [0.4, 0.5) is 19.0 Å². The summed E-state index contributed by atoms with van der Waals surface area (Å²) in [4.78, 5) is 6.01. The first-order valence-corrected chi connectivity index (χ1v) is 13.4. The van der Waals surface area contributed by atoms with Gasteiger partial charge in [0, 0.05) is 32.4 Å². The Labute approximate surface area is 198 Å². The van der Waals surface area contributed by atoms with E-state index in [0.29, 0.717) is 37.4 Å². The number of anilines is 1. The first-order chi connectivity index (χ1) is 16.1. The van der Waals surface area contributed by atoms with Crippen LogP contribution in [0.2, 0.25) is 0 Å². The Balaban J connectivity index is 1.21. The van der Waals surface area contributed by atoms with Crippen LogP contribution in [0.15, 0.2) is 42.6 Å². The lowest BCUT2D eigenvalue weighted by Crippen LogP contribution is -2.37. The fraction of sp³-hybridized carbons (Fsp3) is 0.542. The standard InChI is InChI=1S/C24H30F3N3O3S/c1-34(31,32)30-14-10-20(11-15-30)19-2-5-22(6-3-19)33-17-18-8-12-29(13-9-18)23-7-4-21(16-28-23)24(25,26)27/h2-7,16,18,20H,8-15,17H2,1H3. The minimum atomic E-state index is -4.37. The maximum atomic E-state index is 12.7. The van der Waals surface area contributed by atoms with Gasteiger partial charge in [0.2, 0.25) is 10.0 Å². The lowest BCUT2D eigenvalue weighted by atomic mass is 9.90.